The quantitative estimate of drug-likeness (QED) is 0.449. The Morgan fingerprint density at radius 1 is 0.550 bits per heavy atom. The van der Waals surface area contributed by atoms with Gasteiger partial charge in [0.25, 0.3) is 0 Å². The van der Waals surface area contributed by atoms with Gasteiger partial charge in [-0.15, -0.1) is 0 Å². The van der Waals surface area contributed by atoms with Gasteiger partial charge in [0, 0.05) is 19.5 Å². The van der Waals surface area contributed by atoms with Crippen molar-refractivity contribution in [3.05, 3.63) is 52.6 Å². The summed E-state index contributed by atoms with van der Waals surface area (Å²) in [6.07, 6.45) is 14.4. The van der Waals surface area contributed by atoms with Gasteiger partial charge in [0.05, 0.1) is 0 Å². The second-order valence-corrected chi connectivity index (χ2v) is 5.72. The largest absolute Gasteiger partial charge is 0.999 e. The topological polar surface area (TPSA) is 0 Å². The number of allylic oxidation sites excluding steroid dienone is 4. The molecule has 0 saturated heterocycles. The molecule has 0 nitrogen and oxygen atoms in total. The molecule has 0 aromatic heterocycles. The molecule has 3 aliphatic carbocycles. The Hall–Kier alpha value is -0.547. The van der Waals surface area contributed by atoms with Crippen molar-refractivity contribution in [2.45, 2.75) is 64.2 Å². The van der Waals surface area contributed by atoms with Gasteiger partial charge in [0.2, 0.25) is 0 Å². The van der Waals surface area contributed by atoms with Gasteiger partial charge in [-0.05, 0) is 73.7 Å². The standard InChI is InChI=1S/C14H20.C5H.Rh/c1-3-7-11-12(8-4-1)14-10-6-2-5-9-13(11)14;1-2-4-5-3-1;/h1-10H2;1H;/q;-5;. The SMILES string of the molecule is C1CCC2=C3CCCCCC3=C2CC1.[Rh].[c-]1[c-][c-][cH-][c-]1. The normalized spacial score (nSPS) is 21.2. The maximum Gasteiger partial charge on any atom is 0 e. The van der Waals surface area contributed by atoms with Crippen LogP contribution in [-0.2, 0) is 19.5 Å². The molecule has 1 heteroatoms. The smallest absolute Gasteiger partial charge is 0 e. The van der Waals surface area contributed by atoms with E-state index < -0.39 is 0 Å². The van der Waals surface area contributed by atoms with Crippen molar-refractivity contribution in [1.82, 2.24) is 0 Å². The first kappa shape index (κ1) is 15.8. The van der Waals surface area contributed by atoms with Crippen LogP contribution in [0.1, 0.15) is 64.2 Å². The summed E-state index contributed by atoms with van der Waals surface area (Å²) >= 11 is 0. The molecule has 0 heterocycles. The van der Waals surface area contributed by atoms with Gasteiger partial charge in [0.15, 0.2) is 0 Å². The molecule has 0 spiro atoms. The van der Waals surface area contributed by atoms with Crippen molar-refractivity contribution >= 4 is 0 Å². The van der Waals surface area contributed by atoms with E-state index in [1.54, 1.807) is 6.07 Å². The van der Waals surface area contributed by atoms with Gasteiger partial charge in [-0.1, -0.05) is 12.8 Å². The summed E-state index contributed by atoms with van der Waals surface area (Å²) in [6.45, 7) is 0. The van der Waals surface area contributed by atoms with E-state index in [0.717, 1.165) is 0 Å². The molecule has 0 atom stereocenters. The van der Waals surface area contributed by atoms with E-state index in [1.807, 2.05) is 22.3 Å². The minimum absolute atomic E-state index is 0. The van der Waals surface area contributed by atoms with Gasteiger partial charge in [0.1, 0.15) is 0 Å². The maximum absolute atomic E-state index is 2.62. The third-order valence-electron chi connectivity index (χ3n) is 4.52. The predicted molar refractivity (Wildman–Crippen MR) is 77.6 cm³/mol. The Morgan fingerprint density at radius 3 is 1.15 bits per heavy atom. The molecule has 3 aliphatic rings. The molecular weight excluding hydrogens is 331 g/mol. The Balaban J connectivity index is 0.000000210. The fraction of sp³-hybridized carbons (Fsp3) is 0.526. The zero-order chi connectivity index (χ0) is 12.9. The minimum Gasteiger partial charge on any atom is -0.999 e. The number of hydrogen-bond acceptors (Lipinski definition) is 0. The third-order valence-corrected chi connectivity index (χ3v) is 4.52. The summed E-state index contributed by atoms with van der Waals surface area (Å²) in [5.74, 6) is 0. The number of hydrogen-bond donors (Lipinski definition) is 0. The average Bonchev–Trinajstić information content (AvgIpc) is 2.85. The second-order valence-electron chi connectivity index (χ2n) is 5.72. The molecule has 0 unspecified atom stereocenters. The van der Waals surface area contributed by atoms with Crippen LogP contribution < -0.4 is 0 Å². The summed E-state index contributed by atoms with van der Waals surface area (Å²) in [7, 11) is 0. The van der Waals surface area contributed by atoms with Gasteiger partial charge in [-0.25, -0.2) is 0 Å². The molecule has 2 saturated carbocycles. The van der Waals surface area contributed by atoms with Crippen LogP contribution in [0.4, 0.5) is 0 Å². The number of fused-ring (bicyclic) bond motifs is 2. The molecule has 111 valence electrons. The van der Waals surface area contributed by atoms with Crippen molar-refractivity contribution < 1.29 is 19.5 Å². The Kier molecular flexibility index (Phi) is 6.36. The van der Waals surface area contributed by atoms with E-state index in [0.29, 0.717) is 0 Å². The van der Waals surface area contributed by atoms with E-state index in [4.69, 9.17) is 0 Å². The van der Waals surface area contributed by atoms with Gasteiger partial charge in [-0.3, -0.25) is 0 Å². The summed E-state index contributed by atoms with van der Waals surface area (Å²) in [5, 5.41) is 0. The fourth-order valence-corrected chi connectivity index (χ4v) is 3.61. The van der Waals surface area contributed by atoms with Gasteiger partial charge >= 0.3 is 0 Å². The molecule has 1 aromatic carbocycles. The molecule has 2 fully saturated rings. The third kappa shape index (κ3) is 3.56. The molecule has 0 amide bonds. The zero-order valence-electron chi connectivity index (χ0n) is 12.0. The molecule has 0 bridgehead atoms. The second kappa shape index (κ2) is 8.03. The first-order valence-electron chi connectivity index (χ1n) is 7.74. The molecule has 1 radical (unpaired) electrons. The van der Waals surface area contributed by atoms with Crippen molar-refractivity contribution in [3.8, 4) is 0 Å². The van der Waals surface area contributed by atoms with Crippen LogP contribution in [-0.4, -0.2) is 0 Å². The van der Waals surface area contributed by atoms with E-state index >= 15 is 0 Å². The van der Waals surface area contributed by atoms with Crippen LogP contribution in [0.5, 0.6) is 0 Å². The van der Waals surface area contributed by atoms with Crippen molar-refractivity contribution in [2.75, 3.05) is 0 Å². The number of rotatable bonds is 0. The molecule has 0 N–H and O–H groups in total. The summed E-state index contributed by atoms with van der Waals surface area (Å²) in [5.41, 5.74) is 7.28. The summed E-state index contributed by atoms with van der Waals surface area (Å²) in [4.78, 5) is 0. The molecule has 4 rings (SSSR count). The van der Waals surface area contributed by atoms with Crippen LogP contribution in [0.15, 0.2) is 28.4 Å². The van der Waals surface area contributed by atoms with E-state index in [2.05, 4.69) is 24.3 Å². The van der Waals surface area contributed by atoms with Crippen molar-refractivity contribution in [1.29, 1.82) is 0 Å². The summed E-state index contributed by atoms with van der Waals surface area (Å²) in [6, 6.07) is 12.0. The Labute approximate surface area is 136 Å². The summed E-state index contributed by atoms with van der Waals surface area (Å²) < 4.78 is 0. The molecular formula is C19H21Rh-5. The maximum atomic E-state index is 2.62. The van der Waals surface area contributed by atoms with Crippen molar-refractivity contribution in [2.24, 2.45) is 0 Å². The van der Waals surface area contributed by atoms with Crippen LogP contribution >= 0.6 is 0 Å². The molecule has 1 aromatic rings. The fourth-order valence-electron chi connectivity index (χ4n) is 3.61. The zero-order valence-corrected chi connectivity index (χ0v) is 13.6. The molecule has 20 heavy (non-hydrogen) atoms. The average molecular weight is 352 g/mol. The van der Waals surface area contributed by atoms with Crippen molar-refractivity contribution in [3.63, 3.8) is 0 Å². The van der Waals surface area contributed by atoms with Crippen LogP contribution in [0.25, 0.3) is 0 Å². The van der Waals surface area contributed by atoms with E-state index in [9.17, 15) is 0 Å². The molecule has 0 aliphatic heterocycles. The van der Waals surface area contributed by atoms with Gasteiger partial charge < -0.3 is 30.3 Å². The van der Waals surface area contributed by atoms with E-state index in [-0.39, 0.29) is 19.5 Å². The monoisotopic (exact) mass is 352 g/mol. The van der Waals surface area contributed by atoms with Crippen LogP contribution in [0.2, 0.25) is 0 Å². The van der Waals surface area contributed by atoms with Gasteiger partial charge in [-0.2, -0.15) is 0 Å². The van der Waals surface area contributed by atoms with Crippen LogP contribution in [0, 0.1) is 24.3 Å². The Bertz CT molecular complexity index is 374. The van der Waals surface area contributed by atoms with Crippen LogP contribution in [0.3, 0.4) is 0 Å². The van der Waals surface area contributed by atoms with E-state index in [1.165, 1.54) is 64.2 Å². The first-order chi connectivity index (χ1) is 9.47. The first-order valence-corrected chi connectivity index (χ1v) is 7.74. The minimum atomic E-state index is 0. The Morgan fingerprint density at radius 2 is 0.900 bits per heavy atom. The predicted octanol–water partition coefficient (Wildman–Crippen LogP) is 5.13.